The van der Waals surface area contributed by atoms with Gasteiger partial charge in [-0.1, -0.05) is 173 Å². The molecule has 0 saturated heterocycles. The number of allylic oxidation sites excluding steroid dienone is 18. The van der Waals surface area contributed by atoms with E-state index in [1.54, 1.807) is 6.20 Å². The molecule has 4 aromatic carbocycles. The Bertz CT molecular complexity index is 2340. The molecule has 286 valence electrons. The van der Waals surface area contributed by atoms with E-state index < -0.39 is 0 Å². The molecule has 0 spiro atoms. The molecule has 0 bridgehead atoms. The molecule has 0 aromatic heterocycles. The van der Waals surface area contributed by atoms with Crippen LogP contribution in [0.1, 0.15) is 83.4 Å². The number of rotatable bonds is 7. The molecular formula is C55H61N. The Labute approximate surface area is 337 Å². The van der Waals surface area contributed by atoms with Gasteiger partial charge >= 0.3 is 0 Å². The first kappa shape index (κ1) is 40.3. The third kappa shape index (κ3) is 8.53. The molecule has 1 heteroatoms. The van der Waals surface area contributed by atoms with E-state index in [-0.39, 0.29) is 11.8 Å². The predicted octanol–water partition coefficient (Wildman–Crippen LogP) is 14.7. The van der Waals surface area contributed by atoms with E-state index in [4.69, 9.17) is 12.3 Å². The fourth-order valence-corrected chi connectivity index (χ4v) is 9.15. The van der Waals surface area contributed by atoms with Gasteiger partial charge in [-0.15, -0.1) is 0 Å². The Balaban J connectivity index is 0.00000262. The van der Waals surface area contributed by atoms with Gasteiger partial charge in [-0.3, -0.25) is 0 Å². The van der Waals surface area contributed by atoms with Gasteiger partial charge in [0.05, 0.1) is 0 Å². The Morgan fingerprint density at radius 3 is 2.30 bits per heavy atom. The Hall–Kier alpha value is -5.40. The van der Waals surface area contributed by atoms with Crippen molar-refractivity contribution >= 4 is 21.5 Å². The molecule has 0 heterocycles. The largest absolute Gasteiger partial charge is 0.405 e. The second-order valence-electron chi connectivity index (χ2n) is 15.4. The fourth-order valence-electron chi connectivity index (χ4n) is 9.15. The minimum absolute atomic E-state index is 0.00895. The first-order valence-electron chi connectivity index (χ1n) is 21.0. The molecule has 3 aliphatic carbocycles. The highest BCUT2D eigenvalue weighted by Gasteiger charge is 2.30. The molecule has 0 saturated carbocycles. The van der Waals surface area contributed by atoms with Gasteiger partial charge in [-0.05, 0) is 154 Å². The maximum atomic E-state index is 6.41. The summed E-state index contributed by atoms with van der Waals surface area (Å²) in [5.41, 5.74) is 19.6. The van der Waals surface area contributed by atoms with Crippen LogP contribution in [0.5, 0.6) is 0 Å². The summed E-state index contributed by atoms with van der Waals surface area (Å²) in [4.78, 5) is 0. The first-order chi connectivity index (χ1) is 27.4. The van der Waals surface area contributed by atoms with Gasteiger partial charge in [-0.25, -0.2) is 0 Å². The van der Waals surface area contributed by atoms with E-state index in [0.29, 0.717) is 11.8 Å². The van der Waals surface area contributed by atoms with Crippen LogP contribution in [0.4, 0.5) is 0 Å². The molecule has 7 rings (SSSR count). The van der Waals surface area contributed by atoms with E-state index in [2.05, 4.69) is 173 Å². The molecule has 0 fully saturated rings. The van der Waals surface area contributed by atoms with Crippen LogP contribution in [0.15, 0.2) is 197 Å². The van der Waals surface area contributed by atoms with Crippen molar-refractivity contribution in [3.63, 3.8) is 0 Å². The van der Waals surface area contributed by atoms with Crippen LogP contribution in [-0.4, -0.2) is 0 Å². The smallest absolute Gasteiger partial charge is 0.0105 e. The highest BCUT2D eigenvalue weighted by Crippen LogP contribution is 2.45. The summed E-state index contributed by atoms with van der Waals surface area (Å²) in [7, 11) is 0. The van der Waals surface area contributed by atoms with Crippen molar-refractivity contribution in [2.24, 2.45) is 23.5 Å². The summed E-state index contributed by atoms with van der Waals surface area (Å²) in [6.07, 6.45) is 32.2. The number of hydrogen-bond donors (Lipinski definition) is 1. The number of benzene rings is 4. The zero-order chi connectivity index (χ0) is 39.6. The van der Waals surface area contributed by atoms with Crippen LogP contribution in [0.3, 0.4) is 0 Å². The molecular weight excluding hydrogens is 675 g/mol. The lowest BCUT2D eigenvalue weighted by molar-refractivity contribution is 0.557. The summed E-state index contributed by atoms with van der Waals surface area (Å²) in [6.45, 7) is 18.0. The van der Waals surface area contributed by atoms with Gasteiger partial charge in [0.15, 0.2) is 0 Å². The van der Waals surface area contributed by atoms with E-state index in [9.17, 15) is 0 Å². The normalized spacial score (nSPS) is 22.5. The molecule has 1 nitrogen and oxygen atoms in total. The number of fused-ring (bicyclic) bond motifs is 4. The summed E-state index contributed by atoms with van der Waals surface area (Å²) < 4.78 is 0. The van der Waals surface area contributed by atoms with Gasteiger partial charge < -0.3 is 5.73 Å². The third-order valence-electron chi connectivity index (χ3n) is 12.0. The monoisotopic (exact) mass is 735 g/mol. The van der Waals surface area contributed by atoms with Gasteiger partial charge in [-0.2, -0.15) is 0 Å². The molecule has 0 amide bonds. The van der Waals surface area contributed by atoms with E-state index >= 15 is 0 Å². The van der Waals surface area contributed by atoms with Crippen molar-refractivity contribution in [3.05, 3.63) is 214 Å². The average molecular weight is 736 g/mol. The van der Waals surface area contributed by atoms with E-state index in [1.165, 1.54) is 71.7 Å². The molecule has 3 aliphatic rings. The first-order valence-corrected chi connectivity index (χ1v) is 21.0. The van der Waals surface area contributed by atoms with Crippen molar-refractivity contribution in [1.82, 2.24) is 0 Å². The minimum Gasteiger partial charge on any atom is -0.405 e. The maximum absolute atomic E-state index is 6.41. The zero-order valence-corrected chi connectivity index (χ0v) is 34.6. The lowest BCUT2D eigenvalue weighted by atomic mass is 9.72. The van der Waals surface area contributed by atoms with Crippen LogP contribution < -0.4 is 5.73 Å². The molecule has 2 N–H and O–H groups in total. The Morgan fingerprint density at radius 1 is 0.839 bits per heavy atom. The number of nitrogens with two attached hydrogens (primary N) is 1. The van der Waals surface area contributed by atoms with Crippen molar-refractivity contribution in [2.75, 3.05) is 0 Å². The molecule has 56 heavy (non-hydrogen) atoms. The molecule has 0 radical (unpaired) electrons. The Morgan fingerprint density at radius 2 is 1.55 bits per heavy atom. The predicted molar refractivity (Wildman–Crippen MR) is 246 cm³/mol. The maximum Gasteiger partial charge on any atom is 0.0105 e. The van der Waals surface area contributed by atoms with Crippen LogP contribution in [0.25, 0.3) is 21.5 Å². The minimum atomic E-state index is 0.00895. The number of aryl methyl sites for hydroxylation is 1. The SMILES string of the molecule is C=C1/C=C\CCCc2ccccc2CC1C(/C=C(\C=C/N)/C(=C/C)C1=C(/C(C)=C2\C=CC=CC2C)C=CCC1C)c1cc2ccccc2c2ccccc12.CC. The Kier molecular flexibility index (Phi) is 13.6. The summed E-state index contributed by atoms with van der Waals surface area (Å²) in [5, 5.41) is 5.12. The van der Waals surface area contributed by atoms with Gasteiger partial charge in [0.25, 0.3) is 0 Å². The second kappa shape index (κ2) is 19.0. The van der Waals surface area contributed by atoms with Crippen LogP contribution in [0, 0.1) is 17.8 Å². The lowest BCUT2D eigenvalue weighted by Crippen LogP contribution is -2.19. The molecule has 0 aliphatic heterocycles. The zero-order valence-electron chi connectivity index (χ0n) is 34.6. The van der Waals surface area contributed by atoms with Crippen LogP contribution >= 0.6 is 0 Å². The van der Waals surface area contributed by atoms with Crippen LogP contribution in [-0.2, 0) is 12.8 Å². The highest BCUT2D eigenvalue weighted by molar-refractivity contribution is 6.09. The second-order valence-corrected chi connectivity index (χ2v) is 15.4. The summed E-state index contributed by atoms with van der Waals surface area (Å²) in [5.74, 6) is 0.834. The van der Waals surface area contributed by atoms with Crippen molar-refractivity contribution in [2.45, 2.75) is 79.6 Å². The molecule has 4 atom stereocenters. The average Bonchev–Trinajstić information content (AvgIpc) is 3.23. The number of hydrogen-bond acceptors (Lipinski definition) is 1. The molecule has 4 aromatic rings. The van der Waals surface area contributed by atoms with Crippen molar-refractivity contribution in [1.29, 1.82) is 0 Å². The summed E-state index contributed by atoms with van der Waals surface area (Å²) in [6, 6.07) is 29.3. The van der Waals surface area contributed by atoms with E-state index in [0.717, 1.165) is 37.7 Å². The highest BCUT2D eigenvalue weighted by atomic mass is 14.5. The van der Waals surface area contributed by atoms with Crippen molar-refractivity contribution in [3.8, 4) is 0 Å². The van der Waals surface area contributed by atoms with Crippen molar-refractivity contribution < 1.29 is 0 Å². The summed E-state index contributed by atoms with van der Waals surface area (Å²) >= 11 is 0. The van der Waals surface area contributed by atoms with Gasteiger partial charge in [0.2, 0.25) is 0 Å². The van der Waals surface area contributed by atoms with Gasteiger partial charge in [0, 0.05) is 5.92 Å². The van der Waals surface area contributed by atoms with Gasteiger partial charge in [0.1, 0.15) is 0 Å². The lowest BCUT2D eigenvalue weighted by Gasteiger charge is -2.31. The third-order valence-corrected chi connectivity index (χ3v) is 12.0. The fraction of sp³-hybridized carbons (Fsp3) is 0.273. The standard InChI is InChI=1S/C53H55N.C2H6/c1-6-44(53-38(4)21-18-30-46(53)39(5)45-26-14-10-20-36(45)2)43(31-32-54)35-52(50-33-41-24-12-11-23-40(41)22-9-7-8-19-37(50)3)51-34-42-25-13-15-27-47(42)48-28-16-17-29-49(48)51;1-2/h6,8,10-20,23-32,34-36,38,50,52H,3,7,9,21-22,33,54H2,1-2,4-5H3;1-2H3/b19-8-,32-31-,43-35+,44-6-,45-39+;. The molecule has 4 unspecified atom stereocenters. The van der Waals surface area contributed by atoms with E-state index in [1.807, 2.05) is 13.8 Å². The quantitative estimate of drug-likeness (QED) is 0.148. The van der Waals surface area contributed by atoms with Crippen LogP contribution in [0.2, 0.25) is 0 Å². The topological polar surface area (TPSA) is 26.0 Å².